The molecule has 0 spiro atoms. The highest BCUT2D eigenvalue weighted by Gasteiger charge is 2.27. The van der Waals surface area contributed by atoms with Crippen LogP contribution >= 0.6 is 11.6 Å². The maximum Gasteiger partial charge on any atom is 0.429 e. The molecule has 5 rings (SSSR count). The van der Waals surface area contributed by atoms with Crippen molar-refractivity contribution in [2.75, 3.05) is 63.1 Å². The third-order valence-electron chi connectivity index (χ3n) is 8.08. The van der Waals surface area contributed by atoms with Gasteiger partial charge in [0.25, 0.3) is 11.5 Å². The van der Waals surface area contributed by atoms with Gasteiger partial charge in [-0.3, -0.25) is 19.9 Å². The monoisotopic (exact) mass is 719 g/mol. The Morgan fingerprint density at radius 3 is 2.45 bits per heavy atom. The molecule has 3 amide bonds. The van der Waals surface area contributed by atoms with E-state index in [9.17, 15) is 24.3 Å². The van der Waals surface area contributed by atoms with E-state index < -0.39 is 29.3 Å². The number of aromatic amines is 1. The first-order chi connectivity index (χ1) is 24.3. The Bertz CT molecular complexity index is 1930. The average Bonchev–Trinajstić information content (AvgIpc) is 3.08. The van der Waals surface area contributed by atoms with Crippen molar-refractivity contribution in [3.05, 3.63) is 87.3 Å². The van der Waals surface area contributed by atoms with Gasteiger partial charge in [0.15, 0.2) is 0 Å². The van der Waals surface area contributed by atoms with E-state index in [2.05, 4.69) is 42.5 Å². The lowest BCUT2D eigenvalue weighted by molar-refractivity contribution is 0.0136. The normalized spacial score (nSPS) is 13.8. The van der Waals surface area contributed by atoms with Gasteiger partial charge in [0.1, 0.15) is 16.9 Å². The number of amides is 3. The fourth-order valence-electron chi connectivity index (χ4n) is 5.37. The number of nitrogens with zero attached hydrogens (tertiary/aromatic N) is 6. The Morgan fingerprint density at radius 2 is 1.76 bits per heavy atom. The highest BCUT2D eigenvalue weighted by molar-refractivity contribution is 6.34. The SMILES string of the molecule is CN1CCN(CCNc2ncc3cc(N(C(=O)O)c4cc(C(=O)NN(CCc5ccccc5)C(=O)OC(C)(C)C)ccc4Cl)c(=O)[nH]c3n2)CC1. The van der Waals surface area contributed by atoms with Gasteiger partial charge in [0.2, 0.25) is 5.95 Å². The second-order valence-corrected chi connectivity index (χ2v) is 13.6. The predicted octanol–water partition coefficient (Wildman–Crippen LogP) is 4.57. The number of nitrogens with one attached hydrogen (secondary N) is 3. The summed E-state index contributed by atoms with van der Waals surface area (Å²) in [6, 6.07) is 14.7. The Kier molecular flexibility index (Phi) is 11.7. The first-order valence-electron chi connectivity index (χ1n) is 16.5. The molecule has 0 bridgehead atoms. The highest BCUT2D eigenvalue weighted by Crippen LogP contribution is 2.32. The van der Waals surface area contributed by atoms with Crippen LogP contribution in [0.5, 0.6) is 0 Å². The average molecular weight is 720 g/mol. The smallest absolute Gasteiger partial charge is 0.429 e. The molecule has 51 heavy (non-hydrogen) atoms. The van der Waals surface area contributed by atoms with Crippen LogP contribution < -0.4 is 21.2 Å². The Balaban J connectivity index is 1.35. The minimum Gasteiger partial charge on any atom is -0.464 e. The fraction of sp³-hybridized carbons (Fsp3) is 0.371. The van der Waals surface area contributed by atoms with E-state index in [0.29, 0.717) is 29.2 Å². The van der Waals surface area contributed by atoms with E-state index >= 15 is 0 Å². The van der Waals surface area contributed by atoms with Crippen molar-refractivity contribution in [2.24, 2.45) is 0 Å². The molecule has 0 aliphatic carbocycles. The van der Waals surface area contributed by atoms with Gasteiger partial charge in [0.05, 0.1) is 10.7 Å². The van der Waals surface area contributed by atoms with Gasteiger partial charge in [-0.25, -0.2) is 24.5 Å². The van der Waals surface area contributed by atoms with Crippen LogP contribution in [0.4, 0.5) is 26.9 Å². The third kappa shape index (κ3) is 9.93. The lowest BCUT2D eigenvalue weighted by Gasteiger charge is -2.32. The second-order valence-electron chi connectivity index (χ2n) is 13.1. The number of H-pyrrole nitrogens is 1. The molecule has 15 nitrogen and oxygen atoms in total. The van der Waals surface area contributed by atoms with Crippen molar-refractivity contribution in [1.82, 2.24) is 35.2 Å². The number of pyridine rings is 1. The number of halogens is 1. The molecular formula is C35H42ClN9O6. The number of piperazine rings is 1. The molecule has 4 N–H and O–H groups in total. The zero-order valence-corrected chi connectivity index (χ0v) is 29.7. The summed E-state index contributed by atoms with van der Waals surface area (Å²) < 4.78 is 5.51. The summed E-state index contributed by atoms with van der Waals surface area (Å²) in [5.74, 6) is -0.410. The molecule has 2 aromatic heterocycles. The number of hydrogen-bond donors (Lipinski definition) is 4. The molecular weight excluding hydrogens is 678 g/mol. The summed E-state index contributed by atoms with van der Waals surface area (Å²) in [6.45, 7) is 10.6. The molecule has 270 valence electrons. The van der Waals surface area contributed by atoms with Crippen LogP contribution in [0, 0.1) is 0 Å². The predicted molar refractivity (Wildman–Crippen MR) is 195 cm³/mol. The Labute approximate surface area is 300 Å². The number of anilines is 3. The number of likely N-dealkylation sites (N-methyl/N-ethyl adjacent to an activating group) is 1. The summed E-state index contributed by atoms with van der Waals surface area (Å²) >= 11 is 6.47. The highest BCUT2D eigenvalue weighted by atomic mass is 35.5. The van der Waals surface area contributed by atoms with E-state index in [1.54, 1.807) is 20.8 Å². The van der Waals surface area contributed by atoms with Crippen LogP contribution in [0.1, 0.15) is 36.7 Å². The number of carbonyl (C=O) groups excluding carboxylic acids is 2. The number of fused-ring (bicyclic) bond motifs is 1. The number of aromatic nitrogens is 3. The molecule has 1 aliphatic heterocycles. The minimum atomic E-state index is -1.53. The maximum absolute atomic E-state index is 13.5. The van der Waals surface area contributed by atoms with Crippen LogP contribution in [-0.4, -0.2) is 111 Å². The lowest BCUT2D eigenvalue weighted by atomic mass is 10.1. The van der Waals surface area contributed by atoms with Gasteiger partial charge < -0.3 is 25.0 Å². The quantitative estimate of drug-likeness (QED) is 0.169. The van der Waals surface area contributed by atoms with Crippen LogP contribution in [-0.2, 0) is 11.2 Å². The summed E-state index contributed by atoms with van der Waals surface area (Å²) in [4.78, 5) is 69.3. The van der Waals surface area contributed by atoms with Gasteiger partial charge in [0, 0.05) is 63.0 Å². The molecule has 0 saturated carbocycles. The molecule has 16 heteroatoms. The number of hydrazine groups is 1. The number of benzene rings is 2. The van der Waals surface area contributed by atoms with E-state index in [1.165, 1.54) is 30.5 Å². The van der Waals surface area contributed by atoms with Crippen molar-refractivity contribution >= 4 is 58.1 Å². The molecule has 0 unspecified atom stereocenters. The molecule has 2 aromatic carbocycles. The Hall–Kier alpha value is -5.25. The van der Waals surface area contributed by atoms with Gasteiger partial charge in [-0.05, 0) is 64.1 Å². The van der Waals surface area contributed by atoms with Crippen molar-refractivity contribution in [2.45, 2.75) is 32.8 Å². The summed E-state index contributed by atoms with van der Waals surface area (Å²) in [5.41, 5.74) is 1.67. The van der Waals surface area contributed by atoms with Crippen molar-refractivity contribution < 1.29 is 24.2 Å². The van der Waals surface area contributed by atoms with Crippen LogP contribution in [0.15, 0.2) is 65.6 Å². The van der Waals surface area contributed by atoms with Gasteiger partial charge in [-0.15, -0.1) is 0 Å². The van der Waals surface area contributed by atoms with Crippen molar-refractivity contribution in [3.8, 4) is 0 Å². The lowest BCUT2D eigenvalue weighted by Crippen LogP contribution is -2.49. The van der Waals surface area contributed by atoms with Crippen molar-refractivity contribution in [1.29, 1.82) is 0 Å². The number of carboxylic acid groups (broad SMARTS) is 1. The molecule has 3 heterocycles. The maximum atomic E-state index is 13.5. The standard InChI is InChI=1S/C35H42ClN9O6/c1-35(2,3)51-34(50)44(14-12-23-8-6-5-7-9-23)41-30(46)24-10-11-26(36)27(20-24)45(33(48)49)28-21-25-22-38-32(40-29(25)39-31(28)47)37-13-15-43-18-16-42(4)17-19-43/h5-11,20-22H,12-19H2,1-4H3,(H,41,46)(H,48,49)(H2,37,38,39,40,47). The zero-order chi connectivity index (χ0) is 36.7. The van der Waals surface area contributed by atoms with E-state index in [4.69, 9.17) is 16.3 Å². The fourth-order valence-corrected chi connectivity index (χ4v) is 5.58. The molecule has 1 fully saturated rings. The number of hydrogen-bond acceptors (Lipinski definition) is 10. The van der Waals surface area contributed by atoms with Crippen LogP contribution in [0.3, 0.4) is 0 Å². The molecule has 4 aromatic rings. The molecule has 1 aliphatic rings. The summed E-state index contributed by atoms with van der Waals surface area (Å²) in [7, 11) is 2.10. The van der Waals surface area contributed by atoms with Crippen LogP contribution in [0.25, 0.3) is 11.0 Å². The molecule has 0 atom stereocenters. The minimum absolute atomic E-state index is 0.0261. The van der Waals surface area contributed by atoms with Gasteiger partial charge in [-0.1, -0.05) is 41.9 Å². The Morgan fingerprint density at radius 1 is 1.04 bits per heavy atom. The van der Waals surface area contributed by atoms with Gasteiger partial charge in [-0.2, -0.15) is 4.98 Å². The number of rotatable bonds is 10. The van der Waals surface area contributed by atoms with E-state index in [-0.39, 0.29) is 34.2 Å². The zero-order valence-electron chi connectivity index (χ0n) is 29.0. The number of carbonyl (C=O) groups is 3. The second kappa shape index (κ2) is 16.2. The van der Waals surface area contributed by atoms with Crippen LogP contribution in [0.2, 0.25) is 5.02 Å². The topological polar surface area (TPSA) is 176 Å². The van der Waals surface area contributed by atoms with Crippen molar-refractivity contribution in [3.63, 3.8) is 0 Å². The molecule has 0 radical (unpaired) electrons. The first kappa shape index (κ1) is 37.0. The first-order valence-corrected chi connectivity index (χ1v) is 16.9. The summed E-state index contributed by atoms with van der Waals surface area (Å²) in [6.07, 6.45) is -0.402. The third-order valence-corrected chi connectivity index (χ3v) is 8.40. The van der Waals surface area contributed by atoms with E-state index in [1.807, 2.05) is 30.3 Å². The van der Waals surface area contributed by atoms with Gasteiger partial charge >= 0.3 is 12.2 Å². The number of ether oxygens (including phenoxy) is 1. The molecule has 1 saturated heterocycles. The summed E-state index contributed by atoms with van der Waals surface area (Å²) in [5, 5.41) is 14.9. The van der Waals surface area contributed by atoms with E-state index in [0.717, 1.165) is 43.3 Å². The largest absolute Gasteiger partial charge is 0.464 e.